The van der Waals surface area contributed by atoms with Crippen molar-refractivity contribution in [2.45, 2.75) is 58.0 Å². The van der Waals surface area contributed by atoms with Gasteiger partial charge in [0.15, 0.2) is 5.69 Å². The van der Waals surface area contributed by atoms with Crippen molar-refractivity contribution >= 4 is 28.5 Å². The zero-order valence-corrected chi connectivity index (χ0v) is 16.1. The molecule has 1 aliphatic rings. The lowest BCUT2D eigenvalue weighted by Gasteiger charge is -2.24. The SMILES string of the molecule is CCn1c(O)c(N=NC(=O)CCCCC[C@H]2CCNC(=O)N2)c2ccccc21. The lowest BCUT2D eigenvalue weighted by molar-refractivity contribution is -0.118. The molecule has 28 heavy (non-hydrogen) atoms. The van der Waals surface area contributed by atoms with Crippen molar-refractivity contribution in [3.8, 4) is 5.88 Å². The van der Waals surface area contributed by atoms with Gasteiger partial charge in [-0.25, -0.2) is 4.79 Å². The Morgan fingerprint density at radius 1 is 1.29 bits per heavy atom. The largest absolute Gasteiger partial charge is 0.493 e. The number of rotatable bonds is 8. The summed E-state index contributed by atoms with van der Waals surface area (Å²) < 4.78 is 1.74. The normalized spacial score (nSPS) is 17.0. The van der Waals surface area contributed by atoms with Gasteiger partial charge in [0.05, 0.1) is 5.52 Å². The van der Waals surface area contributed by atoms with Gasteiger partial charge in [0.25, 0.3) is 5.91 Å². The number of carbonyl (C=O) groups is 2. The number of hydrogen-bond donors (Lipinski definition) is 3. The summed E-state index contributed by atoms with van der Waals surface area (Å²) in [6.45, 7) is 3.26. The van der Waals surface area contributed by atoms with Gasteiger partial charge in [0.2, 0.25) is 5.88 Å². The molecule has 2 aromatic rings. The molecule has 2 heterocycles. The molecule has 8 heteroatoms. The van der Waals surface area contributed by atoms with Crippen molar-refractivity contribution in [3.05, 3.63) is 24.3 Å². The Kier molecular flexibility index (Phi) is 6.62. The van der Waals surface area contributed by atoms with E-state index in [0.29, 0.717) is 18.7 Å². The summed E-state index contributed by atoms with van der Waals surface area (Å²) in [5, 5.41) is 24.6. The van der Waals surface area contributed by atoms with Crippen LogP contribution in [0.5, 0.6) is 5.88 Å². The Labute approximate surface area is 164 Å². The van der Waals surface area contributed by atoms with Gasteiger partial charge in [-0.3, -0.25) is 4.79 Å². The summed E-state index contributed by atoms with van der Waals surface area (Å²) in [7, 11) is 0. The Morgan fingerprint density at radius 3 is 2.89 bits per heavy atom. The maximum Gasteiger partial charge on any atom is 0.315 e. The molecule has 8 nitrogen and oxygen atoms in total. The first-order valence-electron chi connectivity index (χ1n) is 9.89. The van der Waals surface area contributed by atoms with E-state index in [1.807, 2.05) is 31.2 Å². The number of nitrogens with one attached hydrogen (secondary N) is 2. The standard InChI is InChI=1S/C20H27N5O3/c1-2-25-16-10-7-6-9-15(16)18(19(25)27)24-23-17(26)11-5-3-4-8-14-12-13-21-20(28)22-14/h6-7,9-10,14,27H,2-5,8,11-13H2,1H3,(H2,21,22,28)/t14-/m0/s1. The van der Waals surface area contributed by atoms with Crippen molar-refractivity contribution in [1.82, 2.24) is 15.2 Å². The van der Waals surface area contributed by atoms with Crippen LogP contribution >= 0.6 is 0 Å². The zero-order valence-electron chi connectivity index (χ0n) is 16.1. The fraction of sp³-hybridized carbons (Fsp3) is 0.500. The van der Waals surface area contributed by atoms with Gasteiger partial charge in [0, 0.05) is 30.9 Å². The van der Waals surface area contributed by atoms with Crippen LogP contribution in [0.15, 0.2) is 34.5 Å². The smallest absolute Gasteiger partial charge is 0.315 e. The summed E-state index contributed by atoms with van der Waals surface area (Å²) in [6, 6.07) is 7.66. The van der Waals surface area contributed by atoms with Crippen molar-refractivity contribution in [1.29, 1.82) is 0 Å². The Hall–Kier alpha value is -2.90. The van der Waals surface area contributed by atoms with Crippen LogP contribution in [0.4, 0.5) is 10.5 Å². The zero-order chi connectivity index (χ0) is 19.9. The second-order valence-corrected chi connectivity index (χ2v) is 7.01. The minimum atomic E-state index is -0.289. The minimum absolute atomic E-state index is 0.0317. The molecule has 1 aromatic heterocycles. The Balaban J connectivity index is 1.47. The Morgan fingerprint density at radius 2 is 2.11 bits per heavy atom. The van der Waals surface area contributed by atoms with E-state index in [9.17, 15) is 14.7 Å². The number of hydrogen-bond acceptors (Lipinski definition) is 4. The van der Waals surface area contributed by atoms with E-state index in [0.717, 1.165) is 49.6 Å². The van der Waals surface area contributed by atoms with Gasteiger partial charge in [-0.15, -0.1) is 10.2 Å². The summed E-state index contributed by atoms with van der Waals surface area (Å²) in [4.78, 5) is 23.3. The second kappa shape index (κ2) is 9.34. The molecule has 0 radical (unpaired) electrons. The van der Waals surface area contributed by atoms with Crippen molar-refractivity contribution in [3.63, 3.8) is 0 Å². The summed E-state index contributed by atoms with van der Waals surface area (Å²) in [5.74, 6) is -0.257. The lowest BCUT2D eigenvalue weighted by Crippen LogP contribution is -2.49. The average molecular weight is 385 g/mol. The number of aryl methyl sites for hydroxylation is 1. The van der Waals surface area contributed by atoms with Crippen LogP contribution in [0.1, 0.15) is 45.4 Å². The van der Waals surface area contributed by atoms with Gasteiger partial charge >= 0.3 is 6.03 Å². The summed E-state index contributed by atoms with van der Waals surface area (Å²) in [6.07, 6.45) is 4.79. The predicted octanol–water partition coefficient (Wildman–Crippen LogP) is 4.00. The highest BCUT2D eigenvalue weighted by molar-refractivity contribution is 5.95. The molecule has 0 aliphatic carbocycles. The van der Waals surface area contributed by atoms with E-state index >= 15 is 0 Å². The first-order chi connectivity index (χ1) is 13.6. The maximum atomic E-state index is 12.0. The first kappa shape index (κ1) is 19.9. The van der Waals surface area contributed by atoms with Crippen LogP contribution in [0.2, 0.25) is 0 Å². The molecule has 0 saturated carbocycles. The molecule has 3 N–H and O–H groups in total. The van der Waals surface area contributed by atoms with Crippen LogP contribution in [0, 0.1) is 0 Å². The van der Waals surface area contributed by atoms with E-state index in [-0.39, 0.29) is 23.9 Å². The molecule has 1 aromatic carbocycles. The summed E-state index contributed by atoms with van der Waals surface area (Å²) >= 11 is 0. The number of amides is 3. The molecule has 3 rings (SSSR count). The van der Waals surface area contributed by atoms with E-state index in [1.54, 1.807) is 4.57 Å². The van der Waals surface area contributed by atoms with Gasteiger partial charge in [-0.05, 0) is 32.3 Å². The summed E-state index contributed by atoms with van der Waals surface area (Å²) in [5.41, 5.74) is 1.21. The van der Waals surface area contributed by atoms with Crippen LogP contribution in [-0.4, -0.2) is 34.2 Å². The Bertz CT molecular complexity index is 874. The van der Waals surface area contributed by atoms with Crippen molar-refractivity contribution in [2.24, 2.45) is 10.2 Å². The first-order valence-corrected chi connectivity index (χ1v) is 9.89. The number of aromatic hydroxyl groups is 1. The number of aromatic nitrogens is 1. The molecule has 150 valence electrons. The topological polar surface area (TPSA) is 108 Å². The fourth-order valence-electron chi connectivity index (χ4n) is 3.57. The molecule has 1 saturated heterocycles. The molecule has 0 unspecified atom stereocenters. The highest BCUT2D eigenvalue weighted by atomic mass is 16.3. The van der Waals surface area contributed by atoms with E-state index in [2.05, 4.69) is 20.9 Å². The third-order valence-corrected chi connectivity index (χ3v) is 5.05. The van der Waals surface area contributed by atoms with Gasteiger partial charge in [-0.2, -0.15) is 0 Å². The van der Waals surface area contributed by atoms with Gasteiger partial charge in [0.1, 0.15) is 0 Å². The van der Waals surface area contributed by atoms with E-state index in [1.165, 1.54) is 0 Å². The molecular weight excluding hydrogens is 358 g/mol. The average Bonchev–Trinajstić information content (AvgIpc) is 2.96. The monoisotopic (exact) mass is 385 g/mol. The third kappa shape index (κ3) is 4.68. The minimum Gasteiger partial charge on any atom is -0.493 e. The number of azo groups is 1. The predicted molar refractivity (Wildman–Crippen MR) is 107 cm³/mol. The quantitative estimate of drug-likeness (QED) is 0.472. The second-order valence-electron chi connectivity index (χ2n) is 7.01. The van der Waals surface area contributed by atoms with Crippen LogP contribution in [0.3, 0.4) is 0 Å². The van der Waals surface area contributed by atoms with Crippen molar-refractivity contribution in [2.75, 3.05) is 6.54 Å². The number of nitrogens with zero attached hydrogens (tertiary/aromatic N) is 3. The molecule has 1 aliphatic heterocycles. The molecule has 1 atom stereocenters. The van der Waals surface area contributed by atoms with Crippen molar-refractivity contribution < 1.29 is 14.7 Å². The number of urea groups is 1. The highest BCUT2D eigenvalue weighted by Crippen LogP contribution is 2.38. The number of para-hydroxylation sites is 1. The molecule has 3 amide bonds. The van der Waals surface area contributed by atoms with Gasteiger partial charge in [-0.1, -0.05) is 31.0 Å². The highest BCUT2D eigenvalue weighted by Gasteiger charge is 2.17. The molecular formula is C20H27N5O3. The van der Waals surface area contributed by atoms with E-state index in [4.69, 9.17) is 0 Å². The fourth-order valence-corrected chi connectivity index (χ4v) is 3.57. The van der Waals surface area contributed by atoms with Crippen LogP contribution < -0.4 is 10.6 Å². The molecule has 0 spiro atoms. The number of benzene rings is 1. The van der Waals surface area contributed by atoms with Crippen LogP contribution in [0.25, 0.3) is 10.9 Å². The number of unbranched alkanes of at least 4 members (excludes halogenated alkanes) is 2. The molecule has 1 fully saturated rings. The van der Waals surface area contributed by atoms with Gasteiger partial charge < -0.3 is 20.3 Å². The third-order valence-electron chi connectivity index (χ3n) is 5.05. The lowest BCUT2D eigenvalue weighted by atomic mass is 10.0. The number of fused-ring (bicyclic) bond motifs is 1. The molecule has 0 bridgehead atoms. The van der Waals surface area contributed by atoms with Crippen LogP contribution in [-0.2, 0) is 11.3 Å². The maximum absolute atomic E-state index is 12.0. The van der Waals surface area contributed by atoms with E-state index < -0.39 is 0 Å². The number of carbonyl (C=O) groups excluding carboxylic acids is 2.